The zero-order valence-electron chi connectivity index (χ0n) is 30.5. The number of carbonyl (C=O) groups is 1. The van der Waals surface area contributed by atoms with Crippen LogP contribution in [0.3, 0.4) is 0 Å². The van der Waals surface area contributed by atoms with Crippen LogP contribution in [0.1, 0.15) is 57.3 Å². The van der Waals surface area contributed by atoms with Gasteiger partial charge in [0.25, 0.3) is 0 Å². The molecule has 1 unspecified atom stereocenters. The zero-order chi connectivity index (χ0) is 35.3. The number of hydrogen-bond donors (Lipinski definition) is 1. The lowest BCUT2D eigenvalue weighted by Gasteiger charge is -2.32. The van der Waals surface area contributed by atoms with Crippen molar-refractivity contribution in [2.75, 3.05) is 84.5 Å². The quantitative estimate of drug-likeness (QED) is 0.154. The summed E-state index contributed by atoms with van der Waals surface area (Å²) in [4.78, 5) is 29.4. The summed E-state index contributed by atoms with van der Waals surface area (Å²) in [5.41, 5.74) is 2.51. The average molecular weight is 679 g/mol. The van der Waals surface area contributed by atoms with Crippen LogP contribution in [0.2, 0.25) is 0 Å². The number of benzene rings is 2. The molecule has 12 heteroatoms. The van der Waals surface area contributed by atoms with Crippen molar-refractivity contribution in [1.29, 1.82) is 0 Å². The zero-order valence-corrected chi connectivity index (χ0v) is 30.5. The fraction of sp³-hybridized carbons (Fsp3) is 0.541. The predicted molar refractivity (Wildman–Crippen MR) is 193 cm³/mol. The highest BCUT2D eigenvalue weighted by molar-refractivity contribution is 5.86. The van der Waals surface area contributed by atoms with Crippen LogP contribution in [-0.2, 0) is 4.74 Å². The van der Waals surface area contributed by atoms with Gasteiger partial charge in [-0.1, -0.05) is 39.3 Å². The van der Waals surface area contributed by atoms with E-state index in [4.69, 9.17) is 28.7 Å². The number of piperazine rings is 1. The Morgan fingerprint density at radius 3 is 2.39 bits per heavy atom. The molecule has 0 spiro atoms. The summed E-state index contributed by atoms with van der Waals surface area (Å²) in [6, 6.07) is 11.2. The smallest absolute Gasteiger partial charge is 0.416 e. The van der Waals surface area contributed by atoms with Crippen molar-refractivity contribution in [3.63, 3.8) is 0 Å². The van der Waals surface area contributed by atoms with Crippen molar-refractivity contribution in [2.45, 2.75) is 53.1 Å². The number of ether oxygens (including phenoxy) is 5. The third-order valence-electron chi connectivity index (χ3n) is 8.73. The molecule has 1 saturated heterocycles. The first-order valence-electron chi connectivity index (χ1n) is 17.2. The fourth-order valence-corrected chi connectivity index (χ4v) is 5.85. The monoisotopic (exact) mass is 678 g/mol. The van der Waals surface area contributed by atoms with E-state index in [2.05, 4.69) is 34.1 Å². The molecular weight excluding hydrogens is 624 g/mol. The fourth-order valence-electron chi connectivity index (χ4n) is 5.85. The maximum absolute atomic E-state index is 13.9. The van der Waals surface area contributed by atoms with Crippen molar-refractivity contribution >= 4 is 23.5 Å². The molecule has 4 rings (SSSR count). The maximum Gasteiger partial charge on any atom is 0.416 e. The Morgan fingerprint density at radius 1 is 0.980 bits per heavy atom. The van der Waals surface area contributed by atoms with Crippen molar-refractivity contribution in [2.24, 2.45) is 5.92 Å². The standard InChI is InChI=1S/C37H54N6O6/c1-9-10-18-43(37(44)49-34(26(2)3)29-13-11-14-30(45-6)27(29)4)33-15-16-38-36(40-33)39-28-24-31(46-7)35(47-8)32(25-28)48-23-12-17-42-21-19-41(5)20-22-42/h11,13-16,24-26,34H,9-10,12,17-23H2,1-8H3,(H,38,39,40). The van der Waals surface area contributed by atoms with Gasteiger partial charge in [0, 0.05) is 63.3 Å². The summed E-state index contributed by atoms with van der Waals surface area (Å²) in [7, 11) is 6.98. The second-order valence-electron chi connectivity index (χ2n) is 12.6. The third-order valence-corrected chi connectivity index (χ3v) is 8.73. The first-order chi connectivity index (χ1) is 23.7. The molecule has 1 aliphatic heterocycles. The van der Waals surface area contributed by atoms with Gasteiger partial charge in [-0.25, -0.2) is 9.78 Å². The molecule has 0 saturated carbocycles. The molecular formula is C37H54N6O6. The number of nitrogens with one attached hydrogen (secondary N) is 1. The van der Waals surface area contributed by atoms with Gasteiger partial charge in [-0.05, 0) is 56.0 Å². The minimum Gasteiger partial charge on any atom is -0.496 e. The van der Waals surface area contributed by atoms with Crippen molar-refractivity contribution in [3.8, 4) is 23.0 Å². The summed E-state index contributed by atoms with van der Waals surface area (Å²) in [6.45, 7) is 14.4. The van der Waals surface area contributed by atoms with Crippen LogP contribution in [0.5, 0.6) is 23.0 Å². The largest absolute Gasteiger partial charge is 0.496 e. The summed E-state index contributed by atoms with van der Waals surface area (Å²) in [5, 5.41) is 3.27. The van der Waals surface area contributed by atoms with Crippen molar-refractivity contribution in [3.05, 3.63) is 53.7 Å². The van der Waals surface area contributed by atoms with Gasteiger partial charge in [0.1, 0.15) is 17.7 Å². The van der Waals surface area contributed by atoms with Crippen LogP contribution in [0, 0.1) is 12.8 Å². The first-order valence-corrected chi connectivity index (χ1v) is 17.2. The molecule has 1 N–H and O–H groups in total. The normalized spacial score (nSPS) is 14.3. The summed E-state index contributed by atoms with van der Waals surface area (Å²) in [6.07, 6.45) is 3.23. The van der Waals surface area contributed by atoms with Gasteiger partial charge in [-0.15, -0.1) is 0 Å². The number of hydrogen-bond acceptors (Lipinski definition) is 11. The SMILES string of the molecule is CCCCN(C(=O)OC(c1cccc(OC)c1C)C(C)C)c1ccnc(Nc2cc(OC)c(OC)c(OCCCN3CCN(C)CC3)c2)n1. The summed E-state index contributed by atoms with van der Waals surface area (Å²) >= 11 is 0. The number of unbranched alkanes of at least 4 members (excludes halogenated alkanes) is 1. The Bertz CT molecular complexity index is 1500. The van der Waals surface area contributed by atoms with E-state index in [9.17, 15) is 4.79 Å². The second-order valence-corrected chi connectivity index (χ2v) is 12.6. The second kappa shape index (κ2) is 18.5. The predicted octanol–water partition coefficient (Wildman–Crippen LogP) is 6.71. The van der Waals surface area contributed by atoms with Gasteiger partial charge in [0.15, 0.2) is 11.5 Å². The minimum absolute atomic E-state index is 0.0265. The molecule has 1 aliphatic rings. The summed E-state index contributed by atoms with van der Waals surface area (Å²) < 4.78 is 29.3. The molecule has 2 aromatic carbocycles. The molecule has 1 aromatic heterocycles. The molecule has 2 heterocycles. The number of methoxy groups -OCH3 is 3. The van der Waals surface area contributed by atoms with Gasteiger partial charge in [-0.2, -0.15) is 4.98 Å². The van der Waals surface area contributed by atoms with Crippen molar-refractivity contribution in [1.82, 2.24) is 19.8 Å². The third kappa shape index (κ3) is 10.1. The highest BCUT2D eigenvalue weighted by Crippen LogP contribution is 2.41. The van der Waals surface area contributed by atoms with Crippen LogP contribution in [-0.4, -0.2) is 100 Å². The molecule has 1 amide bonds. The van der Waals surface area contributed by atoms with Gasteiger partial charge >= 0.3 is 6.09 Å². The molecule has 0 bridgehead atoms. The lowest BCUT2D eigenvalue weighted by molar-refractivity contribution is 0.0756. The van der Waals surface area contributed by atoms with E-state index in [1.54, 1.807) is 44.6 Å². The Labute approximate surface area is 291 Å². The topological polar surface area (TPSA) is 111 Å². The van der Waals surface area contributed by atoms with E-state index in [-0.39, 0.29) is 5.92 Å². The van der Waals surface area contributed by atoms with E-state index < -0.39 is 12.2 Å². The molecule has 1 fully saturated rings. The number of aromatic nitrogens is 2. The molecule has 12 nitrogen and oxygen atoms in total. The number of anilines is 3. The Hall–Kier alpha value is -4.29. The van der Waals surface area contributed by atoms with E-state index >= 15 is 0 Å². The highest BCUT2D eigenvalue weighted by Gasteiger charge is 2.28. The Balaban J connectivity index is 1.52. The van der Waals surface area contributed by atoms with Gasteiger partial charge in [0.2, 0.25) is 11.7 Å². The average Bonchev–Trinajstić information content (AvgIpc) is 3.10. The van der Waals surface area contributed by atoms with E-state index in [1.807, 2.05) is 45.0 Å². The van der Waals surface area contributed by atoms with Crippen LogP contribution in [0.25, 0.3) is 0 Å². The highest BCUT2D eigenvalue weighted by atomic mass is 16.6. The Kier molecular flexibility index (Phi) is 14.1. The van der Waals surface area contributed by atoms with Crippen LogP contribution in [0.4, 0.5) is 22.2 Å². The van der Waals surface area contributed by atoms with E-state index in [1.165, 1.54) is 0 Å². The van der Waals surface area contributed by atoms with E-state index in [0.29, 0.717) is 47.9 Å². The van der Waals surface area contributed by atoms with Gasteiger partial charge < -0.3 is 38.8 Å². The maximum atomic E-state index is 13.9. The van der Waals surface area contributed by atoms with Gasteiger partial charge in [-0.3, -0.25) is 4.90 Å². The number of rotatable bonds is 17. The number of nitrogens with zero attached hydrogens (tertiary/aromatic N) is 5. The van der Waals surface area contributed by atoms with Crippen LogP contribution >= 0.6 is 0 Å². The van der Waals surface area contributed by atoms with E-state index in [0.717, 1.165) is 68.9 Å². The lowest BCUT2D eigenvalue weighted by Crippen LogP contribution is -2.44. The van der Waals surface area contributed by atoms with Crippen molar-refractivity contribution < 1.29 is 28.5 Å². The molecule has 268 valence electrons. The number of carbonyl (C=O) groups excluding carboxylic acids is 1. The molecule has 3 aromatic rings. The Morgan fingerprint density at radius 2 is 1.71 bits per heavy atom. The minimum atomic E-state index is -0.475. The number of likely N-dealkylation sites (N-methyl/N-ethyl adjacent to an activating group) is 1. The number of amides is 1. The summed E-state index contributed by atoms with van der Waals surface area (Å²) in [5.74, 6) is 3.10. The lowest BCUT2D eigenvalue weighted by atomic mass is 9.94. The first kappa shape index (κ1) is 37.5. The molecule has 0 aliphatic carbocycles. The molecule has 0 radical (unpaired) electrons. The van der Waals surface area contributed by atoms with Crippen LogP contribution in [0.15, 0.2) is 42.6 Å². The molecule has 1 atom stereocenters. The van der Waals surface area contributed by atoms with Crippen LogP contribution < -0.4 is 29.2 Å². The van der Waals surface area contributed by atoms with Gasteiger partial charge in [0.05, 0.1) is 27.9 Å². The molecule has 49 heavy (non-hydrogen) atoms.